The fraction of sp³-hybridized carbons (Fsp3) is 0.182. The Morgan fingerprint density at radius 3 is 2.71 bits per heavy atom. The van der Waals surface area contributed by atoms with E-state index < -0.39 is 0 Å². The van der Waals surface area contributed by atoms with Crippen LogP contribution in [0.4, 0.5) is 4.39 Å². The van der Waals surface area contributed by atoms with Crippen LogP contribution in [0.25, 0.3) is 11.4 Å². The van der Waals surface area contributed by atoms with Gasteiger partial charge in [-0.2, -0.15) is 14.7 Å². The lowest BCUT2D eigenvalue weighted by atomic mass is 10.2. The lowest BCUT2D eigenvalue weighted by Gasteiger charge is -1.95. The smallest absolute Gasteiger partial charge is 0.282 e. The summed E-state index contributed by atoms with van der Waals surface area (Å²) in [7, 11) is 0. The molecular weight excluding hydrogens is 225 g/mol. The minimum absolute atomic E-state index is 0.250. The van der Waals surface area contributed by atoms with Crippen LogP contribution in [0.1, 0.15) is 12.6 Å². The van der Waals surface area contributed by atoms with Gasteiger partial charge >= 0.3 is 6.15 Å². The molecule has 0 amide bonds. The van der Waals surface area contributed by atoms with Gasteiger partial charge in [0.2, 0.25) is 0 Å². The molecule has 2 aromatic heterocycles. The number of aromatic nitrogens is 3. The molecule has 0 saturated carbocycles. The second kappa shape index (κ2) is 6.30. The van der Waals surface area contributed by atoms with Crippen LogP contribution in [0.3, 0.4) is 0 Å². The second-order valence-corrected chi connectivity index (χ2v) is 3.05. The average Bonchev–Trinajstić information content (AvgIpc) is 2.79. The molecule has 17 heavy (non-hydrogen) atoms. The molecule has 88 valence electrons. The quantitative estimate of drug-likeness (QED) is 0.857. The summed E-state index contributed by atoms with van der Waals surface area (Å²) in [5, 5.41) is 6.82. The number of nitrogens with zero attached hydrogens (tertiary/aromatic N) is 2. The third-order valence-electron chi connectivity index (χ3n) is 2.01. The zero-order valence-corrected chi connectivity index (χ0v) is 9.11. The van der Waals surface area contributed by atoms with Gasteiger partial charge in [-0.05, 0) is 24.6 Å². The predicted octanol–water partition coefficient (Wildman–Crippen LogP) is 1.59. The predicted molar refractivity (Wildman–Crippen MR) is 56.2 cm³/mol. The maximum Gasteiger partial charge on any atom is 0.373 e. The number of nitrogens with one attached hydrogen (secondary N) is 1. The van der Waals surface area contributed by atoms with Gasteiger partial charge in [0.1, 0.15) is 11.4 Å². The van der Waals surface area contributed by atoms with E-state index in [2.05, 4.69) is 15.2 Å². The molecule has 2 rings (SSSR count). The summed E-state index contributed by atoms with van der Waals surface area (Å²) in [6.45, 7) is 2.01. The Bertz CT molecular complexity index is 519. The summed E-state index contributed by atoms with van der Waals surface area (Å²) >= 11 is 0. The summed E-state index contributed by atoms with van der Waals surface area (Å²) in [4.78, 5) is 20.2. The van der Waals surface area contributed by atoms with E-state index in [1.165, 1.54) is 6.07 Å². The molecule has 2 aromatic rings. The van der Waals surface area contributed by atoms with Gasteiger partial charge in [0.05, 0.1) is 0 Å². The van der Waals surface area contributed by atoms with Crippen LogP contribution in [-0.4, -0.2) is 21.3 Å². The molecule has 0 aromatic carbocycles. The van der Waals surface area contributed by atoms with Crippen molar-refractivity contribution in [2.45, 2.75) is 13.3 Å². The van der Waals surface area contributed by atoms with Gasteiger partial charge in [0, 0.05) is 11.9 Å². The van der Waals surface area contributed by atoms with Crippen molar-refractivity contribution in [2.75, 3.05) is 0 Å². The number of aryl methyl sites for hydroxylation is 1. The maximum absolute atomic E-state index is 13.3. The Balaban J connectivity index is 0.000000437. The molecule has 5 nitrogen and oxygen atoms in total. The van der Waals surface area contributed by atoms with E-state index in [1.54, 1.807) is 12.3 Å². The lowest BCUT2D eigenvalue weighted by molar-refractivity contribution is -0.191. The van der Waals surface area contributed by atoms with Crippen LogP contribution in [0.2, 0.25) is 0 Å². The maximum atomic E-state index is 13.3. The molecule has 2 heterocycles. The zero-order valence-electron chi connectivity index (χ0n) is 9.11. The van der Waals surface area contributed by atoms with Gasteiger partial charge < -0.3 is 0 Å². The van der Waals surface area contributed by atoms with Crippen molar-refractivity contribution in [2.24, 2.45) is 0 Å². The van der Waals surface area contributed by atoms with Crippen molar-refractivity contribution in [3.8, 4) is 11.4 Å². The molecule has 0 spiro atoms. The summed E-state index contributed by atoms with van der Waals surface area (Å²) in [6, 6.07) is 4.75. The van der Waals surface area contributed by atoms with E-state index in [0.29, 0.717) is 11.4 Å². The normalized spacial score (nSPS) is 9.06. The number of aromatic amines is 1. The largest absolute Gasteiger partial charge is 0.373 e. The van der Waals surface area contributed by atoms with Gasteiger partial charge in [-0.1, -0.05) is 6.92 Å². The van der Waals surface area contributed by atoms with Crippen molar-refractivity contribution in [1.82, 2.24) is 15.2 Å². The lowest BCUT2D eigenvalue weighted by Crippen LogP contribution is -1.87. The number of carbonyl (C=O) groups excluding carboxylic acids is 2. The Kier molecular flexibility index (Phi) is 4.72. The molecule has 0 atom stereocenters. The highest BCUT2D eigenvalue weighted by Gasteiger charge is 2.08. The summed E-state index contributed by atoms with van der Waals surface area (Å²) in [5.41, 5.74) is 1.83. The van der Waals surface area contributed by atoms with Gasteiger partial charge in [-0.15, -0.1) is 0 Å². The molecule has 0 radical (unpaired) electrons. The number of halogens is 1. The number of rotatable bonds is 2. The van der Waals surface area contributed by atoms with E-state index in [9.17, 15) is 4.39 Å². The van der Waals surface area contributed by atoms with Gasteiger partial charge in [0.25, 0.3) is 0 Å². The topological polar surface area (TPSA) is 75.7 Å². The first-order valence-corrected chi connectivity index (χ1v) is 4.87. The van der Waals surface area contributed by atoms with E-state index >= 15 is 0 Å². The number of hydrogen-bond donors (Lipinski definition) is 1. The number of hydrogen-bond acceptors (Lipinski definition) is 4. The zero-order chi connectivity index (χ0) is 12.7. The molecule has 0 bridgehead atoms. The van der Waals surface area contributed by atoms with Crippen molar-refractivity contribution in [3.05, 3.63) is 35.9 Å². The molecule has 1 N–H and O–H groups in total. The number of pyridine rings is 1. The van der Waals surface area contributed by atoms with Crippen LogP contribution in [0.15, 0.2) is 24.4 Å². The third-order valence-corrected chi connectivity index (χ3v) is 2.01. The van der Waals surface area contributed by atoms with Gasteiger partial charge in [-0.3, -0.25) is 10.1 Å². The van der Waals surface area contributed by atoms with Crippen molar-refractivity contribution in [1.29, 1.82) is 0 Å². The first kappa shape index (κ1) is 12.7. The van der Waals surface area contributed by atoms with Crippen molar-refractivity contribution < 1.29 is 14.0 Å². The first-order chi connectivity index (χ1) is 8.22. The van der Waals surface area contributed by atoms with E-state index in [-0.39, 0.29) is 12.0 Å². The second-order valence-electron chi connectivity index (χ2n) is 3.05. The van der Waals surface area contributed by atoms with Crippen LogP contribution in [-0.2, 0) is 16.0 Å². The molecule has 0 saturated heterocycles. The Morgan fingerprint density at radius 1 is 1.47 bits per heavy atom. The third kappa shape index (κ3) is 3.32. The minimum Gasteiger partial charge on any atom is -0.282 e. The molecule has 6 heteroatoms. The standard InChI is InChI=1S/C10H10FN3.CO2/c1-2-7-6-9(14-13-7)10-8(11)4-3-5-12-10;2-1-3/h3-6H,2H2,1H3,(H,13,14);. The average molecular weight is 235 g/mol. The molecule has 0 aliphatic heterocycles. The molecule has 0 fully saturated rings. The van der Waals surface area contributed by atoms with Crippen LogP contribution in [0.5, 0.6) is 0 Å². The summed E-state index contributed by atoms with van der Waals surface area (Å²) in [5.74, 6) is -0.346. The fourth-order valence-electron chi connectivity index (χ4n) is 1.24. The van der Waals surface area contributed by atoms with Crippen LogP contribution >= 0.6 is 0 Å². The Morgan fingerprint density at radius 2 is 2.18 bits per heavy atom. The Labute approximate surface area is 96.7 Å². The molecule has 0 aliphatic carbocycles. The number of H-pyrrole nitrogens is 1. The van der Waals surface area contributed by atoms with E-state index in [0.717, 1.165) is 12.1 Å². The molecule has 0 aliphatic rings. The van der Waals surface area contributed by atoms with E-state index in [4.69, 9.17) is 9.59 Å². The van der Waals surface area contributed by atoms with Crippen LogP contribution in [0, 0.1) is 5.82 Å². The van der Waals surface area contributed by atoms with E-state index in [1.807, 2.05) is 13.0 Å². The molecular formula is C11H10FN3O2. The van der Waals surface area contributed by atoms with Gasteiger partial charge in [0.15, 0.2) is 5.82 Å². The minimum atomic E-state index is -0.346. The highest BCUT2D eigenvalue weighted by Crippen LogP contribution is 2.17. The SMILES string of the molecule is CCc1cc(-c2ncccc2F)n[nH]1.O=C=O. The summed E-state index contributed by atoms with van der Waals surface area (Å²) in [6.07, 6.45) is 2.65. The highest BCUT2D eigenvalue weighted by atomic mass is 19.1. The molecule has 0 unspecified atom stereocenters. The van der Waals surface area contributed by atoms with Crippen molar-refractivity contribution >= 4 is 6.15 Å². The fourth-order valence-corrected chi connectivity index (χ4v) is 1.24. The highest BCUT2D eigenvalue weighted by molar-refractivity contribution is 5.54. The Hall–Kier alpha value is -2.33. The van der Waals surface area contributed by atoms with Crippen molar-refractivity contribution in [3.63, 3.8) is 0 Å². The van der Waals surface area contributed by atoms with Gasteiger partial charge in [-0.25, -0.2) is 4.39 Å². The monoisotopic (exact) mass is 235 g/mol. The summed E-state index contributed by atoms with van der Waals surface area (Å²) < 4.78 is 13.3. The van der Waals surface area contributed by atoms with Crippen LogP contribution < -0.4 is 0 Å². The first-order valence-electron chi connectivity index (χ1n) is 4.87.